The van der Waals surface area contributed by atoms with Crippen LogP contribution in [0.25, 0.3) is 10.7 Å². The molecule has 12 heteroatoms. The van der Waals surface area contributed by atoms with Crippen LogP contribution in [0.3, 0.4) is 0 Å². The minimum atomic E-state index is -2.94. The molecule has 0 saturated heterocycles. The molecule has 3 aromatic rings. The lowest BCUT2D eigenvalue weighted by Crippen LogP contribution is -2.05. The van der Waals surface area contributed by atoms with E-state index in [2.05, 4.69) is 15.2 Å². The van der Waals surface area contributed by atoms with Crippen LogP contribution in [-0.2, 0) is 27.6 Å². The van der Waals surface area contributed by atoms with Gasteiger partial charge < -0.3 is 9.67 Å². The second-order valence-electron chi connectivity index (χ2n) is 6.40. The van der Waals surface area contributed by atoms with Gasteiger partial charge in [-0.05, 0) is 36.0 Å². The Bertz CT molecular complexity index is 1060. The van der Waals surface area contributed by atoms with E-state index in [1.54, 1.807) is 16.7 Å². The first-order chi connectivity index (χ1) is 13.8. The molecule has 0 atom stereocenters. The van der Waals surface area contributed by atoms with Crippen molar-refractivity contribution in [2.75, 3.05) is 12.0 Å². The van der Waals surface area contributed by atoms with Crippen LogP contribution in [0.5, 0.6) is 0 Å². The van der Waals surface area contributed by atoms with Crippen molar-refractivity contribution in [3.05, 3.63) is 28.6 Å². The number of carboxylic acids is 1. The number of unbranched alkanes of at least 4 members (excludes halogenated alkanes) is 2. The minimum absolute atomic E-state index is 0.107. The SMILES string of the molecule is CS(=O)(=O)CCCCCn1c(Sc2nc(CC(=O)O)cs2)nnc1-c1cccs1. The van der Waals surface area contributed by atoms with Crippen LogP contribution in [0.1, 0.15) is 25.0 Å². The van der Waals surface area contributed by atoms with Gasteiger partial charge in [0.25, 0.3) is 0 Å². The molecule has 0 aromatic carbocycles. The van der Waals surface area contributed by atoms with Gasteiger partial charge in [0.2, 0.25) is 0 Å². The fraction of sp³-hybridized carbons (Fsp3) is 0.412. The van der Waals surface area contributed by atoms with Gasteiger partial charge >= 0.3 is 5.97 Å². The highest BCUT2D eigenvalue weighted by atomic mass is 32.2. The number of carboxylic acid groups (broad SMARTS) is 1. The van der Waals surface area contributed by atoms with Gasteiger partial charge in [-0.3, -0.25) is 4.79 Å². The molecule has 1 N–H and O–H groups in total. The summed E-state index contributed by atoms with van der Waals surface area (Å²) in [7, 11) is -2.94. The Morgan fingerprint density at radius 3 is 2.76 bits per heavy atom. The summed E-state index contributed by atoms with van der Waals surface area (Å²) in [6.45, 7) is 0.666. The van der Waals surface area contributed by atoms with Crippen LogP contribution in [0.15, 0.2) is 32.4 Å². The molecule has 0 aliphatic rings. The largest absolute Gasteiger partial charge is 0.481 e. The fourth-order valence-electron chi connectivity index (χ4n) is 2.61. The molecule has 3 heterocycles. The highest BCUT2D eigenvalue weighted by Crippen LogP contribution is 2.33. The van der Waals surface area contributed by atoms with Crippen LogP contribution in [0.4, 0.5) is 0 Å². The van der Waals surface area contributed by atoms with Crippen molar-refractivity contribution < 1.29 is 18.3 Å². The molecular formula is C17H20N4O4S4. The molecule has 3 rings (SSSR count). The smallest absolute Gasteiger partial charge is 0.309 e. The Kier molecular flexibility index (Phi) is 7.44. The van der Waals surface area contributed by atoms with Gasteiger partial charge in [0.05, 0.1) is 17.0 Å². The molecule has 0 aliphatic carbocycles. The molecule has 3 aromatic heterocycles. The van der Waals surface area contributed by atoms with E-state index in [1.165, 1.54) is 29.4 Å². The van der Waals surface area contributed by atoms with Crippen molar-refractivity contribution in [1.29, 1.82) is 0 Å². The summed E-state index contributed by atoms with van der Waals surface area (Å²) < 4.78 is 25.3. The molecule has 0 saturated carbocycles. The summed E-state index contributed by atoms with van der Waals surface area (Å²) in [5, 5.41) is 22.0. The number of thiophene rings is 1. The van der Waals surface area contributed by atoms with Crippen molar-refractivity contribution in [2.24, 2.45) is 0 Å². The number of rotatable bonds is 11. The maximum Gasteiger partial charge on any atom is 0.309 e. The summed E-state index contributed by atoms with van der Waals surface area (Å²) in [5.41, 5.74) is 0.523. The van der Waals surface area contributed by atoms with Crippen LogP contribution >= 0.6 is 34.4 Å². The fourth-order valence-corrected chi connectivity index (χ4v) is 5.85. The predicted octanol–water partition coefficient (Wildman–Crippen LogP) is 3.46. The number of aliphatic carboxylic acids is 1. The molecule has 8 nitrogen and oxygen atoms in total. The second-order valence-corrected chi connectivity index (χ2v) is 11.7. The molecule has 156 valence electrons. The van der Waals surface area contributed by atoms with Crippen molar-refractivity contribution in [3.8, 4) is 10.7 Å². The molecular weight excluding hydrogens is 452 g/mol. The van der Waals surface area contributed by atoms with E-state index in [9.17, 15) is 13.2 Å². The quantitative estimate of drug-likeness (QED) is 0.422. The van der Waals surface area contributed by atoms with E-state index >= 15 is 0 Å². The number of hydrogen-bond donors (Lipinski definition) is 1. The number of aromatic nitrogens is 4. The summed E-state index contributed by atoms with van der Waals surface area (Å²) in [4.78, 5) is 16.2. The number of carbonyl (C=O) groups is 1. The maximum absolute atomic E-state index is 11.3. The number of nitrogens with zero attached hydrogens (tertiary/aromatic N) is 4. The number of thiazole rings is 1. The monoisotopic (exact) mass is 472 g/mol. The first kappa shape index (κ1) is 21.9. The maximum atomic E-state index is 11.3. The van der Waals surface area contributed by atoms with Gasteiger partial charge in [0.1, 0.15) is 9.84 Å². The van der Waals surface area contributed by atoms with E-state index < -0.39 is 15.8 Å². The van der Waals surface area contributed by atoms with E-state index in [-0.39, 0.29) is 12.2 Å². The lowest BCUT2D eigenvalue weighted by molar-refractivity contribution is -0.136. The lowest BCUT2D eigenvalue weighted by Gasteiger charge is -2.08. The molecule has 29 heavy (non-hydrogen) atoms. The number of hydrogen-bond acceptors (Lipinski definition) is 9. The summed E-state index contributed by atoms with van der Waals surface area (Å²) in [6, 6.07) is 3.94. The van der Waals surface area contributed by atoms with Gasteiger partial charge in [-0.25, -0.2) is 13.4 Å². The van der Waals surface area contributed by atoms with Gasteiger partial charge in [0, 0.05) is 23.9 Å². The Labute approximate surface area is 180 Å². The highest BCUT2D eigenvalue weighted by Gasteiger charge is 2.17. The third kappa shape index (κ3) is 6.63. The minimum Gasteiger partial charge on any atom is -0.481 e. The lowest BCUT2D eigenvalue weighted by atomic mass is 10.2. The van der Waals surface area contributed by atoms with Gasteiger partial charge in [-0.1, -0.05) is 12.5 Å². The van der Waals surface area contributed by atoms with E-state index in [4.69, 9.17) is 5.11 Å². The zero-order chi connectivity index (χ0) is 20.9. The average Bonchev–Trinajstić information content (AvgIpc) is 3.35. The van der Waals surface area contributed by atoms with Crippen molar-refractivity contribution in [1.82, 2.24) is 19.7 Å². The second kappa shape index (κ2) is 9.83. The summed E-state index contributed by atoms with van der Waals surface area (Å²) in [5.74, 6) is 0.0528. The van der Waals surface area contributed by atoms with Crippen LogP contribution in [0, 0.1) is 0 Å². The van der Waals surface area contributed by atoms with Crippen LogP contribution < -0.4 is 0 Å². The van der Waals surface area contributed by atoms with Crippen molar-refractivity contribution in [2.45, 2.75) is 41.7 Å². The highest BCUT2D eigenvalue weighted by molar-refractivity contribution is 8.00. The van der Waals surface area contributed by atoms with E-state index in [1.807, 2.05) is 22.1 Å². The third-order valence-corrected chi connectivity index (χ3v) is 7.76. The Morgan fingerprint density at radius 2 is 2.07 bits per heavy atom. The Balaban J connectivity index is 1.72. The van der Waals surface area contributed by atoms with Gasteiger partial charge in [0.15, 0.2) is 15.3 Å². The molecule has 0 fully saturated rings. The predicted molar refractivity (Wildman–Crippen MR) is 114 cm³/mol. The Morgan fingerprint density at radius 1 is 1.24 bits per heavy atom. The number of sulfone groups is 1. The molecule has 0 amide bonds. The first-order valence-electron chi connectivity index (χ1n) is 8.80. The zero-order valence-electron chi connectivity index (χ0n) is 15.6. The third-order valence-electron chi connectivity index (χ3n) is 3.90. The Hall–Kier alpha value is -1.76. The molecule has 0 radical (unpaired) electrons. The van der Waals surface area contributed by atoms with E-state index in [0.717, 1.165) is 23.5 Å². The van der Waals surface area contributed by atoms with Crippen molar-refractivity contribution >= 4 is 50.2 Å². The standard InChI is InChI=1S/C17H20N4O4S4/c1-29(24,25)9-4-2-3-7-21-15(13-6-5-8-26-13)19-20-16(21)28-17-18-12(11-27-17)10-14(22)23/h5-6,8,11H,2-4,7,9-10H2,1H3,(H,22,23). The van der Waals surface area contributed by atoms with Crippen LogP contribution in [-0.4, -0.2) is 51.3 Å². The molecule has 0 spiro atoms. The first-order valence-corrected chi connectivity index (χ1v) is 13.4. The molecule has 0 unspecified atom stereocenters. The van der Waals surface area contributed by atoms with E-state index in [0.29, 0.717) is 28.2 Å². The zero-order valence-corrected chi connectivity index (χ0v) is 18.9. The molecule has 0 bridgehead atoms. The molecule has 0 aliphatic heterocycles. The van der Waals surface area contributed by atoms with Gasteiger partial charge in [-0.2, -0.15) is 0 Å². The average molecular weight is 473 g/mol. The summed E-state index contributed by atoms with van der Waals surface area (Å²) in [6.07, 6.45) is 3.37. The summed E-state index contributed by atoms with van der Waals surface area (Å²) >= 11 is 4.32. The van der Waals surface area contributed by atoms with Crippen molar-refractivity contribution in [3.63, 3.8) is 0 Å². The topological polar surface area (TPSA) is 115 Å². The van der Waals surface area contributed by atoms with Gasteiger partial charge in [-0.15, -0.1) is 32.9 Å². The normalized spacial score (nSPS) is 11.8. The van der Waals surface area contributed by atoms with Crippen LogP contribution in [0.2, 0.25) is 0 Å².